The molecule has 5 heteroatoms. The molecule has 0 fully saturated rings. The van der Waals surface area contributed by atoms with Crippen molar-refractivity contribution in [2.24, 2.45) is 11.8 Å². The minimum absolute atomic E-state index is 0.174. The van der Waals surface area contributed by atoms with Crippen LogP contribution in [0.4, 0.5) is 0 Å². The van der Waals surface area contributed by atoms with Crippen LogP contribution >= 0.6 is 7.60 Å². The van der Waals surface area contributed by atoms with E-state index >= 15 is 0 Å². The third-order valence-corrected chi connectivity index (χ3v) is 3.67. The summed E-state index contributed by atoms with van der Waals surface area (Å²) in [6.07, 6.45) is 0.174. The van der Waals surface area contributed by atoms with E-state index in [4.69, 9.17) is 9.05 Å². The lowest BCUT2D eigenvalue weighted by atomic mass is 10.2. The second-order valence-electron chi connectivity index (χ2n) is 4.62. The van der Waals surface area contributed by atoms with E-state index in [-0.39, 0.29) is 31.5 Å². The first-order valence-electron chi connectivity index (χ1n) is 5.74. The molecule has 0 amide bonds. The predicted molar refractivity (Wildman–Crippen MR) is 64.5 cm³/mol. The molecule has 4 nitrogen and oxygen atoms in total. The van der Waals surface area contributed by atoms with Crippen molar-refractivity contribution in [3.8, 4) is 0 Å². The van der Waals surface area contributed by atoms with Crippen LogP contribution in [0.1, 0.15) is 41.0 Å². The second kappa shape index (κ2) is 7.21. The normalized spacial score (nSPS) is 12.4. The first kappa shape index (κ1) is 15.8. The minimum Gasteiger partial charge on any atom is -0.303 e. The molecule has 0 aromatic carbocycles. The summed E-state index contributed by atoms with van der Waals surface area (Å²) >= 11 is 0. The minimum atomic E-state index is -3.56. The molecule has 0 aliphatic heterocycles. The van der Waals surface area contributed by atoms with Gasteiger partial charge in [-0.3, -0.25) is 9.36 Å². The average Bonchev–Trinajstić information content (AvgIpc) is 2.22. The Hall–Kier alpha value is -0.180. The van der Waals surface area contributed by atoms with Gasteiger partial charge in [-0.1, -0.05) is 34.6 Å². The van der Waals surface area contributed by atoms with Gasteiger partial charge in [-0.15, -0.1) is 0 Å². The SMILES string of the molecule is CCC(=O)P(=O)(OCC(C)C)OCC(C)C. The van der Waals surface area contributed by atoms with Crippen LogP contribution in [0.3, 0.4) is 0 Å². The molecule has 0 atom stereocenters. The molecule has 0 spiro atoms. The van der Waals surface area contributed by atoms with Gasteiger partial charge in [-0.2, -0.15) is 0 Å². The molecule has 0 aromatic rings. The van der Waals surface area contributed by atoms with E-state index < -0.39 is 13.1 Å². The third-order valence-electron chi connectivity index (χ3n) is 1.76. The molecule has 0 bridgehead atoms. The van der Waals surface area contributed by atoms with Crippen molar-refractivity contribution in [2.45, 2.75) is 41.0 Å². The Bertz CT molecular complexity index is 245. The molecule has 0 N–H and O–H groups in total. The number of hydrogen-bond acceptors (Lipinski definition) is 4. The summed E-state index contributed by atoms with van der Waals surface area (Å²) in [5, 5.41) is 0. The van der Waals surface area contributed by atoms with Gasteiger partial charge in [0, 0.05) is 6.42 Å². The largest absolute Gasteiger partial charge is 0.396 e. The summed E-state index contributed by atoms with van der Waals surface area (Å²) in [6, 6.07) is 0. The summed E-state index contributed by atoms with van der Waals surface area (Å²) in [5.74, 6) is 0.446. The number of carbonyl (C=O) groups excluding carboxylic acids is 1. The summed E-state index contributed by atoms with van der Waals surface area (Å²) in [7, 11) is -3.56. The van der Waals surface area contributed by atoms with Crippen LogP contribution in [-0.2, 0) is 18.4 Å². The van der Waals surface area contributed by atoms with Crippen molar-refractivity contribution in [3.63, 3.8) is 0 Å². The van der Waals surface area contributed by atoms with Crippen LogP contribution in [0.15, 0.2) is 0 Å². The van der Waals surface area contributed by atoms with Crippen molar-refractivity contribution in [2.75, 3.05) is 13.2 Å². The first-order valence-corrected chi connectivity index (χ1v) is 7.28. The zero-order valence-corrected chi connectivity index (χ0v) is 11.8. The average molecular weight is 250 g/mol. The van der Waals surface area contributed by atoms with Gasteiger partial charge >= 0.3 is 7.60 Å². The van der Waals surface area contributed by atoms with Gasteiger partial charge in [-0.25, -0.2) is 0 Å². The Balaban J connectivity index is 4.49. The van der Waals surface area contributed by atoms with Gasteiger partial charge in [0.15, 0.2) is 0 Å². The molecule has 0 rings (SSSR count). The molecule has 96 valence electrons. The van der Waals surface area contributed by atoms with E-state index in [0.29, 0.717) is 0 Å². The van der Waals surface area contributed by atoms with Gasteiger partial charge < -0.3 is 9.05 Å². The lowest BCUT2D eigenvalue weighted by Crippen LogP contribution is -2.11. The highest BCUT2D eigenvalue weighted by atomic mass is 31.2. The number of carbonyl (C=O) groups is 1. The molecule has 16 heavy (non-hydrogen) atoms. The molecule has 0 heterocycles. The first-order chi connectivity index (χ1) is 7.31. The fourth-order valence-corrected chi connectivity index (χ4v) is 2.61. The summed E-state index contributed by atoms with van der Waals surface area (Å²) in [4.78, 5) is 11.5. The molecule has 0 aromatic heterocycles. The highest BCUT2D eigenvalue weighted by Gasteiger charge is 2.33. The fraction of sp³-hybridized carbons (Fsp3) is 0.909. The lowest BCUT2D eigenvalue weighted by molar-refractivity contribution is -0.113. The molecule has 0 radical (unpaired) electrons. The van der Waals surface area contributed by atoms with Crippen molar-refractivity contribution in [1.82, 2.24) is 0 Å². The van der Waals surface area contributed by atoms with Crippen LogP contribution in [-0.4, -0.2) is 18.7 Å². The zero-order chi connectivity index (χ0) is 12.8. The van der Waals surface area contributed by atoms with Gasteiger partial charge in [-0.05, 0) is 11.8 Å². The summed E-state index contributed by atoms with van der Waals surface area (Å²) in [6.45, 7) is 9.95. The lowest BCUT2D eigenvalue weighted by Gasteiger charge is -2.18. The monoisotopic (exact) mass is 250 g/mol. The Labute approximate surface area is 98.2 Å². The highest BCUT2D eigenvalue weighted by Crippen LogP contribution is 2.50. The van der Waals surface area contributed by atoms with E-state index in [0.717, 1.165) is 0 Å². The van der Waals surface area contributed by atoms with Crippen LogP contribution < -0.4 is 0 Å². The van der Waals surface area contributed by atoms with Crippen LogP contribution in [0, 0.1) is 11.8 Å². The summed E-state index contributed by atoms with van der Waals surface area (Å²) in [5.41, 5.74) is -0.436. The molecule has 0 saturated heterocycles. The Kier molecular flexibility index (Phi) is 7.12. The van der Waals surface area contributed by atoms with E-state index in [1.165, 1.54) is 0 Å². The maximum absolute atomic E-state index is 12.2. The molecule has 0 aliphatic rings. The van der Waals surface area contributed by atoms with Gasteiger partial charge in [0.25, 0.3) is 0 Å². The highest BCUT2D eigenvalue weighted by molar-refractivity contribution is 7.71. The quantitative estimate of drug-likeness (QED) is 0.619. The maximum atomic E-state index is 12.2. The van der Waals surface area contributed by atoms with Gasteiger partial charge in [0.2, 0.25) is 5.52 Å². The van der Waals surface area contributed by atoms with Crippen molar-refractivity contribution >= 4 is 13.1 Å². The third kappa shape index (κ3) is 5.78. The fourth-order valence-electron chi connectivity index (χ4n) is 0.869. The molecule has 0 aliphatic carbocycles. The standard InChI is InChI=1S/C11H23O4P/c1-6-11(12)16(13,14-7-9(2)3)15-8-10(4)5/h9-10H,6-8H2,1-5H3. The second-order valence-corrected chi connectivity index (χ2v) is 6.63. The predicted octanol–water partition coefficient (Wildman–Crippen LogP) is 3.46. The Morgan fingerprint density at radius 3 is 1.69 bits per heavy atom. The molecule has 0 saturated carbocycles. The van der Waals surface area contributed by atoms with Crippen molar-refractivity contribution in [3.05, 3.63) is 0 Å². The molecular formula is C11H23O4P. The Morgan fingerprint density at radius 1 is 1.06 bits per heavy atom. The van der Waals surface area contributed by atoms with Gasteiger partial charge in [0.05, 0.1) is 13.2 Å². The van der Waals surface area contributed by atoms with Gasteiger partial charge in [0.1, 0.15) is 0 Å². The van der Waals surface area contributed by atoms with Crippen molar-refractivity contribution < 1.29 is 18.4 Å². The number of rotatable bonds is 8. The van der Waals surface area contributed by atoms with Crippen LogP contribution in [0.2, 0.25) is 0 Å². The molecule has 0 unspecified atom stereocenters. The topological polar surface area (TPSA) is 52.6 Å². The number of hydrogen-bond donors (Lipinski definition) is 0. The smallest absolute Gasteiger partial charge is 0.303 e. The zero-order valence-electron chi connectivity index (χ0n) is 10.9. The van der Waals surface area contributed by atoms with E-state index in [1.54, 1.807) is 6.92 Å². The summed E-state index contributed by atoms with van der Waals surface area (Å²) < 4.78 is 22.5. The maximum Gasteiger partial charge on any atom is 0.396 e. The molecular weight excluding hydrogens is 227 g/mol. The van der Waals surface area contributed by atoms with Crippen LogP contribution in [0.25, 0.3) is 0 Å². The van der Waals surface area contributed by atoms with Crippen LogP contribution in [0.5, 0.6) is 0 Å². The van der Waals surface area contributed by atoms with Crippen molar-refractivity contribution in [1.29, 1.82) is 0 Å². The Morgan fingerprint density at radius 2 is 1.44 bits per heavy atom. The van der Waals surface area contributed by atoms with E-state index in [2.05, 4.69) is 0 Å². The van der Waals surface area contributed by atoms with E-state index in [9.17, 15) is 9.36 Å². The van der Waals surface area contributed by atoms with E-state index in [1.807, 2.05) is 27.7 Å².